The van der Waals surface area contributed by atoms with Gasteiger partial charge in [0.15, 0.2) is 4.67 Å². The van der Waals surface area contributed by atoms with Crippen LogP contribution in [-0.4, -0.2) is 0 Å². The molecule has 1 atom stereocenters. The van der Waals surface area contributed by atoms with E-state index >= 15 is 0 Å². The lowest BCUT2D eigenvalue weighted by atomic mass is 10.0. The fraction of sp³-hybridized carbons (Fsp3) is 0.0909. The van der Waals surface area contributed by atoms with Gasteiger partial charge in [-0.25, -0.2) is 14.2 Å². The molecule has 2 aromatic rings. The van der Waals surface area contributed by atoms with Crippen LogP contribution in [-0.2, 0) is 0 Å². The SMILES string of the molecule is NNC(c1cc(F)ccc1F)c1ccoc1Br. The van der Waals surface area contributed by atoms with E-state index in [2.05, 4.69) is 21.4 Å². The van der Waals surface area contributed by atoms with Gasteiger partial charge in [-0.3, -0.25) is 5.84 Å². The second kappa shape index (κ2) is 4.95. The minimum absolute atomic E-state index is 0.120. The number of furan rings is 1. The Hall–Kier alpha value is -1.24. The normalized spacial score (nSPS) is 12.7. The molecule has 0 amide bonds. The lowest BCUT2D eigenvalue weighted by Crippen LogP contribution is -2.29. The van der Waals surface area contributed by atoms with E-state index in [1.54, 1.807) is 6.07 Å². The van der Waals surface area contributed by atoms with E-state index in [-0.39, 0.29) is 5.56 Å². The molecule has 3 N–H and O–H groups in total. The molecule has 0 saturated heterocycles. The summed E-state index contributed by atoms with van der Waals surface area (Å²) < 4.78 is 32.2. The molecule has 3 nitrogen and oxygen atoms in total. The first-order chi connectivity index (χ1) is 8.13. The minimum atomic E-state index is -0.682. The summed E-state index contributed by atoms with van der Waals surface area (Å²) in [4.78, 5) is 0. The number of nitrogens with one attached hydrogen (secondary N) is 1. The van der Waals surface area contributed by atoms with Crippen molar-refractivity contribution in [3.05, 3.63) is 58.0 Å². The van der Waals surface area contributed by atoms with Crippen molar-refractivity contribution in [2.45, 2.75) is 6.04 Å². The average molecular weight is 303 g/mol. The van der Waals surface area contributed by atoms with Gasteiger partial charge < -0.3 is 4.42 Å². The van der Waals surface area contributed by atoms with Gasteiger partial charge in [0, 0.05) is 11.1 Å². The predicted octanol–water partition coefficient (Wildman–Crippen LogP) is 2.87. The summed E-state index contributed by atoms with van der Waals surface area (Å²) >= 11 is 3.17. The molecule has 0 aliphatic carbocycles. The highest BCUT2D eigenvalue weighted by Gasteiger charge is 2.21. The second-order valence-corrected chi connectivity index (χ2v) is 4.14. The highest BCUT2D eigenvalue weighted by atomic mass is 79.9. The third kappa shape index (κ3) is 2.38. The molecule has 2 rings (SSSR count). The molecule has 1 aromatic carbocycles. The summed E-state index contributed by atoms with van der Waals surface area (Å²) in [6.07, 6.45) is 1.43. The highest BCUT2D eigenvalue weighted by Crippen LogP contribution is 2.30. The number of halogens is 3. The van der Waals surface area contributed by atoms with E-state index in [4.69, 9.17) is 10.3 Å². The smallest absolute Gasteiger partial charge is 0.174 e. The molecule has 0 spiro atoms. The zero-order valence-electron chi connectivity index (χ0n) is 8.58. The third-order valence-electron chi connectivity index (χ3n) is 2.39. The molecule has 0 aliphatic heterocycles. The summed E-state index contributed by atoms with van der Waals surface area (Å²) in [5.41, 5.74) is 3.15. The van der Waals surface area contributed by atoms with Gasteiger partial charge >= 0.3 is 0 Å². The number of hydrogen-bond acceptors (Lipinski definition) is 3. The summed E-state index contributed by atoms with van der Waals surface area (Å²) in [5.74, 6) is 4.32. The van der Waals surface area contributed by atoms with Crippen molar-refractivity contribution in [3.63, 3.8) is 0 Å². The molecule has 6 heteroatoms. The van der Waals surface area contributed by atoms with Crippen molar-refractivity contribution in [3.8, 4) is 0 Å². The van der Waals surface area contributed by atoms with Crippen LogP contribution in [0.1, 0.15) is 17.2 Å². The van der Waals surface area contributed by atoms with Crippen LogP contribution in [0.15, 0.2) is 39.6 Å². The Morgan fingerprint density at radius 3 is 2.59 bits per heavy atom. The van der Waals surface area contributed by atoms with Crippen LogP contribution in [0.25, 0.3) is 0 Å². The summed E-state index contributed by atoms with van der Waals surface area (Å²) in [6, 6.07) is 4.15. The van der Waals surface area contributed by atoms with Crippen LogP contribution >= 0.6 is 15.9 Å². The van der Waals surface area contributed by atoms with Gasteiger partial charge in [-0.2, -0.15) is 0 Å². The number of rotatable bonds is 3. The van der Waals surface area contributed by atoms with E-state index in [9.17, 15) is 8.78 Å². The van der Waals surface area contributed by atoms with Gasteiger partial charge in [0.25, 0.3) is 0 Å². The fourth-order valence-corrected chi connectivity index (χ4v) is 2.06. The fourth-order valence-electron chi connectivity index (χ4n) is 1.59. The highest BCUT2D eigenvalue weighted by molar-refractivity contribution is 9.10. The van der Waals surface area contributed by atoms with Crippen LogP contribution in [0.4, 0.5) is 8.78 Å². The van der Waals surface area contributed by atoms with Crippen LogP contribution in [0.2, 0.25) is 0 Å². The predicted molar refractivity (Wildman–Crippen MR) is 61.9 cm³/mol. The standard InChI is InChI=1S/C11H9BrF2N2O/c12-11-7(3-4-17-11)10(16-15)8-5-6(13)1-2-9(8)14/h1-5,10,16H,15H2. The Kier molecular flexibility index (Phi) is 3.56. The van der Waals surface area contributed by atoms with E-state index < -0.39 is 17.7 Å². The monoisotopic (exact) mass is 302 g/mol. The van der Waals surface area contributed by atoms with E-state index in [1.165, 1.54) is 6.26 Å². The van der Waals surface area contributed by atoms with Crippen LogP contribution in [0.3, 0.4) is 0 Å². The van der Waals surface area contributed by atoms with E-state index in [1.807, 2.05) is 0 Å². The van der Waals surface area contributed by atoms with Crippen molar-refractivity contribution in [1.29, 1.82) is 0 Å². The molecule has 90 valence electrons. The van der Waals surface area contributed by atoms with Crippen molar-refractivity contribution in [2.75, 3.05) is 0 Å². The first-order valence-electron chi connectivity index (χ1n) is 4.77. The van der Waals surface area contributed by atoms with Crippen molar-refractivity contribution in [2.24, 2.45) is 5.84 Å². The zero-order valence-corrected chi connectivity index (χ0v) is 10.2. The quantitative estimate of drug-likeness (QED) is 0.677. The summed E-state index contributed by atoms with van der Waals surface area (Å²) in [5, 5.41) is 0. The number of benzene rings is 1. The number of nitrogens with two attached hydrogens (primary N) is 1. The average Bonchev–Trinajstić information content (AvgIpc) is 2.71. The Labute approximate surface area is 105 Å². The van der Waals surface area contributed by atoms with Crippen molar-refractivity contribution in [1.82, 2.24) is 5.43 Å². The van der Waals surface area contributed by atoms with Gasteiger partial charge in [0.2, 0.25) is 0 Å². The van der Waals surface area contributed by atoms with Crippen molar-refractivity contribution < 1.29 is 13.2 Å². The molecule has 17 heavy (non-hydrogen) atoms. The number of hydrazine groups is 1. The maximum Gasteiger partial charge on any atom is 0.174 e. The van der Waals surface area contributed by atoms with E-state index in [0.29, 0.717) is 10.2 Å². The first kappa shape index (κ1) is 12.2. The topological polar surface area (TPSA) is 51.2 Å². The largest absolute Gasteiger partial charge is 0.457 e. The molecular weight excluding hydrogens is 294 g/mol. The zero-order chi connectivity index (χ0) is 12.4. The van der Waals surface area contributed by atoms with Crippen molar-refractivity contribution >= 4 is 15.9 Å². The Morgan fingerprint density at radius 2 is 2.00 bits per heavy atom. The molecule has 1 aromatic heterocycles. The van der Waals surface area contributed by atoms with E-state index in [0.717, 1.165) is 18.2 Å². The second-order valence-electron chi connectivity index (χ2n) is 3.42. The van der Waals surface area contributed by atoms with Crippen LogP contribution < -0.4 is 11.3 Å². The molecular formula is C11H9BrF2N2O. The van der Waals surface area contributed by atoms with Crippen LogP contribution in [0.5, 0.6) is 0 Å². The molecule has 0 bridgehead atoms. The Morgan fingerprint density at radius 1 is 1.24 bits per heavy atom. The molecule has 0 aliphatic rings. The first-order valence-corrected chi connectivity index (χ1v) is 5.56. The minimum Gasteiger partial charge on any atom is -0.457 e. The van der Waals surface area contributed by atoms with Crippen LogP contribution in [0, 0.1) is 11.6 Å². The molecule has 1 unspecified atom stereocenters. The molecule has 0 saturated carbocycles. The van der Waals surface area contributed by atoms with Gasteiger partial charge in [-0.15, -0.1) is 0 Å². The number of hydrogen-bond donors (Lipinski definition) is 2. The summed E-state index contributed by atoms with van der Waals surface area (Å²) in [6.45, 7) is 0. The third-order valence-corrected chi connectivity index (χ3v) is 3.04. The maximum absolute atomic E-state index is 13.6. The summed E-state index contributed by atoms with van der Waals surface area (Å²) in [7, 11) is 0. The van der Waals surface area contributed by atoms with Gasteiger partial charge in [-0.1, -0.05) is 0 Å². The molecule has 1 heterocycles. The van der Waals surface area contributed by atoms with Gasteiger partial charge in [0.05, 0.1) is 12.3 Å². The van der Waals surface area contributed by atoms with Gasteiger partial charge in [0.1, 0.15) is 11.6 Å². The van der Waals surface area contributed by atoms with Gasteiger partial charge in [-0.05, 0) is 40.2 Å². The molecule has 0 fully saturated rings. The lowest BCUT2D eigenvalue weighted by molar-refractivity contribution is 0.515. The Balaban J connectivity index is 2.49. The maximum atomic E-state index is 13.6. The Bertz CT molecular complexity index is 530. The lowest BCUT2D eigenvalue weighted by Gasteiger charge is -2.16. The molecule has 0 radical (unpaired) electrons.